The smallest absolute Gasteiger partial charge is 0.253 e. The molecule has 0 saturated heterocycles. The van der Waals surface area contributed by atoms with E-state index in [4.69, 9.17) is 9.84 Å². The average Bonchev–Trinajstić information content (AvgIpc) is 2.35. The van der Waals surface area contributed by atoms with Crippen LogP contribution in [0.2, 0.25) is 0 Å². The van der Waals surface area contributed by atoms with Gasteiger partial charge in [0, 0.05) is 12.6 Å². The van der Waals surface area contributed by atoms with E-state index in [1.165, 1.54) is 4.90 Å². The molecule has 1 rings (SSSR count). The van der Waals surface area contributed by atoms with Gasteiger partial charge in [-0.3, -0.25) is 4.79 Å². The van der Waals surface area contributed by atoms with Crippen molar-refractivity contribution in [2.75, 3.05) is 20.8 Å². The number of rotatable bonds is 4. The van der Waals surface area contributed by atoms with Gasteiger partial charge in [-0.25, -0.2) is 0 Å². The Labute approximate surface area is 109 Å². The maximum Gasteiger partial charge on any atom is 0.253 e. The van der Waals surface area contributed by atoms with Crippen molar-refractivity contribution in [3.05, 3.63) is 28.2 Å². The number of nitrogens with zero attached hydrogens (tertiary/aromatic N) is 1. The van der Waals surface area contributed by atoms with Crippen LogP contribution in [0.25, 0.3) is 0 Å². The van der Waals surface area contributed by atoms with Crippen LogP contribution < -0.4 is 4.74 Å². The van der Waals surface area contributed by atoms with Gasteiger partial charge in [0.2, 0.25) is 0 Å². The van der Waals surface area contributed by atoms with Crippen molar-refractivity contribution in [2.45, 2.75) is 13.0 Å². The van der Waals surface area contributed by atoms with Crippen molar-refractivity contribution >= 4 is 21.8 Å². The summed E-state index contributed by atoms with van der Waals surface area (Å²) < 4.78 is 5.83. The monoisotopic (exact) mass is 301 g/mol. The van der Waals surface area contributed by atoms with Crippen molar-refractivity contribution in [3.63, 3.8) is 0 Å². The number of carbonyl (C=O) groups excluding carboxylic acids is 1. The number of methoxy groups -OCH3 is 1. The predicted molar refractivity (Wildman–Crippen MR) is 69.3 cm³/mol. The molecule has 0 aromatic heterocycles. The summed E-state index contributed by atoms with van der Waals surface area (Å²) >= 11 is 3.33. The van der Waals surface area contributed by atoms with Crippen LogP contribution in [0.3, 0.4) is 0 Å². The second kappa shape index (κ2) is 6.02. The molecule has 0 fully saturated rings. The molecule has 17 heavy (non-hydrogen) atoms. The largest absolute Gasteiger partial charge is 0.496 e. The number of amides is 1. The topological polar surface area (TPSA) is 49.8 Å². The minimum absolute atomic E-state index is 0.0560. The van der Waals surface area contributed by atoms with Crippen LogP contribution in [0.5, 0.6) is 5.75 Å². The van der Waals surface area contributed by atoms with E-state index in [2.05, 4.69) is 15.9 Å². The van der Waals surface area contributed by atoms with E-state index >= 15 is 0 Å². The van der Waals surface area contributed by atoms with E-state index in [0.717, 1.165) is 4.47 Å². The van der Waals surface area contributed by atoms with E-state index in [1.807, 2.05) is 0 Å². The highest BCUT2D eigenvalue weighted by Gasteiger charge is 2.17. The Morgan fingerprint density at radius 1 is 1.59 bits per heavy atom. The molecular weight excluding hydrogens is 286 g/mol. The standard InChI is InChI=1S/C12H16BrNO3/c1-8(7-15)14(2)12(16)9-4-5-11(17-3)10(13)6-9/h4-6,8,15H,7H2,1-3H3. The van der Waals surface area contributed by atoms with Gasteiger partial charge >= 0.3 is 0 Å². The molecule has 0 radical (unpaired) electrons. The third-order valence-electron chi connectivity index (χ3n) is 2.64. The lowest BCUT2D eigenvalue weighted by Crippen LogP contribution is -2.37. The highest BCUT2D eigenvalue weighted by molar-refractivity contribution is 9.10. The highest BCUT2D eigenvalue weighted by Crippen LogP contribution is 2.26. The van der Waals surface area contributed by atoms with Crippen molar-refractivity contribution in [1.82, 2.24) is 4.90 Å². The fraction of sp³-hybridized carbons (Fsp3) is 0.417. The SMILES string of the molecule is COc1ccc(C(=O)N(C)C(C)CO)cc1Br. The van der Waals surface area contributed by atoms with Crippen LogP contribution in [0.15, 0.2) is 22.7 Å². The number of hydrogen-bond donors (Lipinski definition) is 1. The number of halogens is 1. The second-order valence-electron chi connectivity index (χ2n) is 3.80. The van der Waals surface area contributed by atoms with Crippen molar-refractivity contribution < 1.29 is 14.6 Å². The van der Waals surface area contributed by atoms with Crippen LogP contribution >= 0.6 is 15.9 Å². The Bertz CT molecular complexity index is 409. The lowest BCUT2D eigenvalue weighted by Gasteiger charge is -2.23. The molecule has 0 aliphatic rings. The Morgan fingerprint density at radius 2 is 2.24 bits per heavy atom. The molecular formula is C12H16BrNO3. The third kappa shape index (κ3) is 3.20. The molecule has 1 unspecified atom stereocenters. The third-order valence-corrected chi connectivity index (χ3v) is 3.26. The zero-order valence-corrected chi connectivity index (χ0v) is 11.7. The van der Waals surface area contributed by atoms with Crippen LogP contribution in [-0.4, -0.2) is 42.7 Å². The van der Waals surface area contributed by atoms with Crippen LogP contribution in [0, 0.1) is 0 Å². The van der Waals surface area contributed by atoms with E-state index in [-0.39, 0.29) is 18.6 Å². The minimum Gasteiger partial charge on any atom is -0.496 e. The van der Waals surface area contributed by atoms with Gasteiger partial charge in [-0.05, 0) is 41.1 Å². The van der Waals surface area contributed by atoms with Gasteiger partial charge in [-0.1, -0.05) is 0 Å². The summed E-state index contributed by atoms with van der Waals surface area (Å²) in [5.41, 5.74) is 0.556. The second-order valence-corrected chi connectivity index (χ2v) is 4.65. The van der Waals surface area contributed by atoms with Gasteiger partial charge in [0.05, 0.1) is 24.2 Å². The molecule has 0 aliphatic heterocycles. The molecule has 1 atom stereocenters. The highest BCUT2D eigenvalue weighted by atomic mass is 79.9. The van der Waals surface area contributed by atoms with Crippen molar-refractivity contribution in [1.29, 1.82) is 0 Å². The molecule has 1 amide bonds. The van der Waals surface area contributed by atoms with Crippen molar-refractivity contribution in [3.8, 4) is 5.75 Å². The molecule has 0 heterocycles. The zero-order chi connectivity index (χ0) is 13.0. The maximum absolute atomic E-state index is 12.1. The minimum atomic E-state index is -0.205. The summed E-state index contributed by atoms with van der Waals surface area (Å²) in [4.78, 5) is 13.6. The van der Waals surface area contributed by atoms with Gasteiger partial charge in [0.25, 0.3) is 5.91 Å². The molecule has 0 saturated carbocycles. The number of aliphatic hydroxyl groups excluding tert-OH is 1. The number of likely N-dealkylation sites (N-methyl/N-ethyl adjacent to an activating group) is 1. The molecule has 1 aromatic carbocycles. The summed E-state index contributed by atoms with van der Waals surface area (Å²) in [6.07, 6.45) is 0. The molecule has 94 valence electrons. The number of hydrogen-bond acceptors (Lipinski definition) is 3. The van der Waals surface area contributed by atoms with E-state index in [0.29, 0.717) is 11.3 Å². The number of benzene rings is 1. The average molecular weight is 302 g/mol. The number of carbonyl (C=O) groups is 1. The first-order valence-corrected chi connectivity index (χ1v) is 6.02. The van der Waals surface area contributed by atoms with Crippen molar-refractivity contribution in [2.24, 2.45) is 0 Å². The maximum atomic E-state index is 12.1. The zero-order valence-electron chi connectivity index (χ0n) is 10.1. The molecule has 0 bridgehead atoms. The summed E-state index contributed by atoms with van der Waals surface area (Å²) in [7, 11) is 3.24. The summed E-state index contributed by atoms with van der Waals surface area (Å²) in [6.45, 7) is 1.73. The van der Waals surface area contributed by atoms with Gasteiger partial charge in [-0.15, -0.1) is 0 Å². The van der Waals surface area contributed by atoms with Crippen LogP contribution in [0.4, 0.5) is 0 Å². The Kier molecular flexibility index (Phi) is 4.96. The summed E-state index contributed by atoms with van der Waals surface area (Å²) in [6, 6.07) is 4.94. The Balaban J connectivity index is 2.93. The normalized spacial score (nSPS) is 12.1. The molecule has 5 heteroatoms. The molecule has 0 aliphatic carbocycles. The Hall–Kier alpha value is -1.07. The lowest BCUT2D eigenvalue weighted by atomic mass is 10.1. The van der Waals surface area contributed by atoms with E-state index in [1.54, 1.807) is 39.3 Å². The number of ether oxygens (including phenoxy) is 1. The first-order chi connectivity index (χ1) is 8.01. The first-order valence-electron chi connectivity index (χ1n) is 5.22. The first kappa shape index (κ1) is 14.0. The van der Waals surface area contributed by atoms with E-state index in [9.17, 15) is 4.79 Å². The van der Waals surface area contributed by atoms with E-state index < -0.39 is 0 Å². The Morgan fingerprint density at radius 3 is 2.71 bits per heavy atom. The summed E-state index contributed by atoms with van der Waals surface area (Å²) in [5.74, 6) is 0.550. The summed E-state index contributed by atoms with van der Waals surface area (Å²) in [5, 5.41) is 9.01. The fourth-order valence-electron chi connectivity index (χ4n) is 1.33. The molecule has 1 N–H and O–H groups in total. The van der Waals surface area contributed by atoms with Gasteiger partial charge < -0.3 is 14.7 Å². The molecule has 1 aromatic rings. The lowest BCUT2D eigenvalue weighted by molar-refractivity contribution is 0.0682. The quantitative estimate of drug-likeness (QED) is 0.924. The predicted octanol–water partition coefficient (Wildman–Crippen LogP) is 1.91. The van der Waals surface area contributed by atoms with Gasteiger partial charge in [-0.2, -0.15) is 0 Å². The van der Waals surface area contributed by atoms with Gasteiger partial charge in [0.1, 0.15) is 5.75 Å². The van der Waals surface area contributed by atoms with Crippen LogP contribution in [-0.2, 0) is 0 Å². The van der Waals surface area contributed by atoms with Gasteiger partial charge in [0.15, 0.2) is 0 Å². The molecule has 0 spiro atoms. The van der Waals surface area contributed by atoms with Crippen LogP contribution in [0.1, 0.15) is 17.3 Å². The molecule has 4 nitrogen and oxygen atoms in total. The fourth-order valence-corrected chi connectivity index (χ4v) is 1.87. The number of aliphatic hydroxyl groups is 1.